The van der Waals surface area contributed by atoms with Crippen LogP contribution < -0.4 is 10.1 Å². The topological polar surface area (TPSA) is 71.5 Å². The minimum absolute atomic E-state index is 0.595. The number of anilines is 1. The Morgan fingerprint density at radius 1 is 1.37 bits per heavy atom. The number of benzene rings is 1. The summed E-state index contributed by atoms with van der Waals surface area (Å²) >= 11 is 0. The number of aromatic nitrogens is 1. The van der Waals surface area contributed by atoms with Gasteiger partial charge >= 0.3 is 5.97 Å². The highest BCUT2D eigenvalue weighted by Crippen LogP contribution is 2.22. The number of hydrogen-bond acceptors (Lipinski definition) is 4. The van der Waals surface area contributed by atoms with Gasteiger partial charge < -0.3 is 15.2 Å². The summed E-state index contributed by atoms with van der Waals surface area (Å²) in [6, 6.07) is 9.70. The summed E-state index contributed by atoms with van der Waals surface area (Å²) in [6.07, 6.45) is 3.14. The lowest BCUT2D eigenvalue weighted by molar-refractivity contribution is -0.138. The highest BCUT2D eigenvalue weighted by molar-refractivity contribution is 5.79. The zero-order chi connectivity index (χ0) is 13.7. The van der Waals surface area contributed by atoms with Crippen LogP contribution in [0.2, 0.25) is 0 Å². The largest absolute Gasteiger partial charge is 0.497 e. The van der Waals surface area contributed by atoms with E-state index in [0.29, 0.717) is 17.0 Å². The number of pyridine rings is 1. The van der Waals surface area contributed by atoms with E-state index < -0.39 is 12.0 Å². The van der Waals surface area contributed by atoms with Gasteiger partial charge in [-0.1, -0.05) is 12.1 Å². The van der Waals surface area contributed by atoms with Crippen LogP contribution in [-0.2, 0) is 4.79 Å². The smallest absolute Gasteiger partial charge is 0.330 e. The minimum Gasteiger partial charge on any atom is -0.497 e. The Morgan fingerprint density at radius 2 is 2.21 bits per heavy atom. The highest BCUT2D eigenvalue weighted by Gasteiger charge is 2.19. The molecular weight excluding hydrogens is 244 g/mol. The molecule has 2 rings (SSSR count). The molecule has 5 nitrogen and oxygen atoms in total. The summed E-state index contributed by atoms with van der Waals surface area (Å²) < 4.78 is 5.10. The molecule has 0 bridgehead atoms. The van der Waals surface area contributed by atoms with Crippen LogP contribution >= 0.6 is 0 Å². The van der Waals surface area contributed by atoms with E-state index in [2.05, 4.69) is 10.3 Å². The van der Waals surface area contributed by atoms with Crippen molar-refractivity contribution in [1.82, 2.24) is 4.98 Å². The van der Waals surface area contributed by atoms with Crippen molar-refractivity contribution in [2.45, 2.75) is 6.04 Å². The normalized spacial score (nSPS) is 11.6. The van der Waals surface area contributed by atoms with Gasteiger partial charge in [0.2, 0.25) is 0 Å². The number of carboxylic acid groups (broad SMARTS) is 1. The van der Waals surface area contributed by atoms with Crippen molar-refractivity contribution in [1.29, 1.82) is 0 Å². The molecule has 1 aromatic heterocycles. The first-order chi connectivity index (χ1) is 9.20. The van der Waals surface area contributed by atoms with Crippen LogP contribution in [0.25, 0.3) is 0 Å². The maximum atomic E-state index is 11.3. The van der Waals surface area contributed by atoms with Gasteiger partial charge in [-0.25, -0.2) is 4.79 Å². The number of carbonyl (C=O) groups is 1. The second-order valence-corrected chi connectivity index (χ2v) is 3.93. The Balaban J connectivity index is 2.24. The van der Waals surface area contributed by atoms with E-state index in [1.807, 2.05) is 0 Å². The SMILES string of the molecule is COc1cccc(NC(C(=O)O)c2cccnc2)c1. The number of methoxy groups -OCH3 is 1. The molecule has 0 fully saturated rings. The fourth-order valence-electron chi connectivity index (χ4n) is 1.71. The van der Waals surface area contributed by atoms with Gasteiger partial charge in [0.25, 0.3) is 0 Å². The summed E-state index contributed by atoms with van der Waals surface area (Å²) in [5.41, 5.74) is 1.27. The Morgan fingerprint density at radius 3 is 2.84 bits per heavy atom. The molecule has 0 spiro atoms. The average molecular weight is 258 g/mol. The van der Waals surface area contributed by atoms with Gasteiger partial charge in [0, 0.05) is 29.7 Å². The third-order valence-corrected chi connectivity index (χ3v) is 2.65. The van der Waals surface area contributed by atoms with Crippen molar-refractivity contribution in [3.8, 4) is 5.75 Å². The number of nitrogens with zero attached hydrogens (tertiary/aromatic N) is 1. The van der Waals surface area contributed by atoms with Gasteiger partial charge in [0.15, 0.2) is 6.04 Å². The third-order valence-electron chi connectivity index (χ3n) is 2.65. The van der Waals surface area contributed by atoms with Gasteiger partial charge in [0.05, 0.1) is 7.11 Å². The molecule has 0 saturated heterocycles. The van der Waals surface area contributed by atoms with Gasteiger partial charge in [-0.05, 0) is 18.2 Å². The number of aliphatic carboxylic acids is 1. The molecular formula is C14H14N2O3. The molecule has 19 heavy (non-hydrogen) atoms. The number of nitrogens with one attached hydrogen (secondary N) is 1. The molecule has 1 unspecified atom stereocenters. The Kier molecular flexibility index (Phi) is 3.97. The summed E-state index contributed by atoms with van der Waals surface area (Å²) in [6.45, 7) is 0. The molecule has 0 aliphatic heterocycles. The molecule has 0 aliphatic rings. The molecule has 1 heterocycles. The Hall–Kier alpha value is -2.56. The molecule has 98 valence electrons. The summed E-state index contributed by atoms with van der Waals surface area (Å²) in [5.74, 6) is -0.295. The first-order valence-electron chi connectivity index (χ1n) is 5.74. The quantitative estimate of drug-likeness (QED) is 0.861. The van der Waals surface area contributed by atoms with Gasteiger partial charge in [-0.2, -0.15) is 0 Å². The summed E-state index contributed by atoms with van der Waals surface area (Å²) in [7, 11) is 1.56. The Labute approximate surface area is 110 Å². The van der Waals surface area contributed by atoms with E-state index in [1.165, 1.54) is 6.20 Å². The lowest BCUT2D eigenvalue weighted by Crippen LogP contribution is -2.20. The second-order valence-electron chi connectivity index (χ2n) is 3.93. The van der Waals surface area contributed by atoms with Crippen molar-refractivity contribution in [2.75, 3.05) is 12.4 Å². The van der Waals surface area contributed by atoms with Crippen molar-refractivity contribution in [3.63, 3.8) is 0 Å². The lowest BCUT2D eigenvalue weighted by atomic mass is 10.1. The zero-order valence-electron chi connectivity index (χ0n) is 10.4. The summed E-state index contributed by atoms with van der Waals surface area (Å²) in [4.78, 5) is 15.3. The average Bonchev–Trinajstić information content (AvgIpc) is 2.45. The number of hydrogen-bond donors (Lipinski definition) is 2. The van der Waals surface area contributed by atoms with E-state index in [9.17, 15) is 9.90 Å². The predicted molar refractivity (Wildman–Crippen MR) is 71.2 cm³/mol. The Bertz CT molecular complexity index is 558. The maximum absolute atomic E-state index is 11.3. The van der Waals surface area contributed by atoms with Crippen LogP contribution in [0.3, 0.4) is 0 Å². The lowest BCUT2D eigenvalue weighted by Gasteiger charge is -2.16. The molecule has 0 aliphatic carbocycles. The number of carboxylic acids is 1. The first-order valence-corrected chi connectivity index (χ1v) is 5.74. The van der Waals surface area contributed by atoms with Crippen molar-refractivity contribution in [3.05, 3.63) is 54.4 Å². The summed E-state index contributed by atoms with van der Waals surface area (Å²) in [5, 5.41) is 12.2. The molecule has 1 atom stereocenters. The molecule has 0 amide bonds. The number of rotatable bonds is 5. The molecule has 1 aromatic carbocycles. The van der Waals surface area contributed by atoms with E-state index in [1.54, 1.807) is 49.7 Å². The third kappa shape index (κ3) is 3.22. The minimum atomic E-state index is -0.962. The standard InChI is InChI=1S/C14H14N2O3/c1-19-12-6-2-5-11(8-12)16-13(14(17)18)10-4-3-7-15-9-10/h2-9,13,16H,1H3,(H,17,18). The predicted octanol–water partition coefficient (Wildman–Crippen LogP) is 2.33. The van der Waals surface area contributed by atoms with Crippen LogP contribution in [0.5, 0.6) is 5.75 Å². The first kappa shape index (κ1) is 12.9. The van der Waals surface area contributed by atoms with E-state index >= 15 is 0 Å². The van der Waals surface area contributed by atoms with Gasteiger partial charge in [-0.3, -0.25) is 4.98 Å². The van der Waals surface area contributed by atoms with Crippen molar-refractivity contribution in [2.24, 2.45) is 0 Å². The molecule has 2 aromatic rings. The van der Waals surface area contributed by atoms with E-state index in [0.717, 1.165) is 0 Å². The van der Waals surface area contributed by atoms with Crippen LogP contribution in [-0.4, -0.2) is 23.2 Å². The van der Waals surface area contributed by atoms with E-state index in [-0.39, 0.29) is 0 Å². The van der Waals surface area contributed by atoms with Gasteiger partial charge in [0.1, 0.15) is 5.75 Å². The second kappa shape index (κ2) is 5.86. The van der Waals surface area contributed by atoms with Crippen LogP contribution in [0.15, 0.2) is 48.8 Å². The highest BCUT2D eigenvalue weighted by atomic mass is 16.5. The maximum Gasteiger partial charge on any atom is 0.330 e. The fourth-order valence-corrected chi connectivity index (χ4v) is 1.71. The molecule has 5 heteroatoms. The van der Waals surface area contributed by atoms with Crippen molar-refractivity contribution < 1.29 is 14.6 Å². The van der Waals surface area contributed by atoms with Gasteiger partial charge in [-0.15, -0.1) is 0 Å². The van der Waals surface area contributed by atoms with Crippen LogP contribution in [0, 0.1) is 0 Å². The zero-order valence-corrected chi connectivity index (χ0v) is 10.4. The fraction of sp³-hybridized carbons (Fsp3) is 0.143. The monoisotopic (exact) mass is 258 g/mol. The molecule has 0 saturated carbocycles. The molecule has 2 N–H and O–H groups in total. The number of ether oxygens (including phenoxy) is 1. The molecule has 0 radical (unpaired) electrons. The van der Waals surface area contributed by atoms with Crippen molar-refractivity contribution >= 4 is 11.7 Å². The van der Waals surface area contributed by atoms with E-state index in [4.69, 9.17) is 4.74 Å². The van der Waals surface area contributed by atoms with Crippen LogP contribution in [0.4, 0.5) is 5.69 Å². The van der Waals surface area contributed by atoms with Crippen LogP contribution in [0.1, 0.15) is 11.6 Å².